The van der Waals surface area contributed by atoms with Gasteiger partial charge in [0.1, 0.15) is 17.3 Å². The molecule has 2 aliphatic heterocycles. The number of nitrogens with one attached hydrogen (secondary N) is 1. The average molecular weight is 429 g/mol. The van der Waals surface area contributed by atoms with Crippen LogP contribution < -0.4 is 5.32 Å². The van der Waals surface area contributed by atoms with Crippen LogP contribution in [0.4, 0.5) is 4.39 Å². The SMILES string of the molecule is Cn1nnnc1-c1cc(F)ccc1CNC(=O)C1N=C2N(CCOC2(C)C)C(=O)C1=O. The Morgan fingerprint density at radius 3 is 2.84 bits per heavy atom. The van der Waals surface area contributed by atoms with Gasteiger partial charge in [-0.05, 0) is 42.0 Å². The van der Waals surface area contributed by atoms with Gasteiger partial charge in [0, 0.05) is 19.2 Å². The molecule has 2 aromatic rings. The number of morpholine rings is 1. The molecule has 4 rings (SSSR count). The highest BCUT2D eigenvalue weighted by Gasteiger charge is 2.47. The van der Waals surface area contributed by atoms with Gasteiger partial charge in [0.15, 0.2) is 11.9 Å². The number of Topliss-reactive ketones (excluding diaryl/α,β-unsaturated/α-hetero) is 1. The number of ether oxygens (including phenoxy) is 1. The van der Waals surface area contributed by atoms with Gasteiger partial charge in [-0.25, -0.2) is 14.1 Å². The Balaban J connectivity index is 1.58. The van der Waals surface area contributed by atoms with Crippen LogP contribution in [0.2, 0.25) is 0 Å². The van der Waals surface area contributed by atoms with E-state index in [-0.39, 0.29) is 25.5 Å². The number of aryl methyl sites for hydroxylation is 1. The molecule has 1 saturated heterocycles. The molecular formula is C19H20FN7O4. The Morgan fingerprint density at radius 1 is 1.35 bits per heavy atom. The molecule has 0 bridgehead atoms. The number of hydrogen-bond acceptors (Lipinski definition) is 8. The van der Waals surface area contributed by atoms with Gasteiger partial charge in [-0.2, -0.15) is 0 Å². The molecule has 1 aromatic heterocycles. The summed E-state index contributed by atoms with van der Waals surface area (Å²) in [5, 5.41) is 13.8. The van der Waals surface area contributed by atoms with Gasteiger partial charge >= 0.3 is 0 Å². The van der Waals surface area contributed by atoms with Gasteiger partial charge in [0.25, 0.3) is 17.6 Å². The van der Waals surface area contributed by atoms with E-state index in [0.29, 0.717) is 17.0 Å². The second kappa shape index (κ2) is 7.61. The van der Waals surface area contributed by atoms with Crippen molar-refractivity contribution in [3.8, 4) is 11.4 Å². The first kappa shape index (κ1) is 20.7. The van der Waals surface area contributed by atoms with Crippen molar-refractivity contribution in [2.45, 2.75) is 32.0 Å². The summed E-state index contributed by atoms with van der Waals surface area (Å²) in [6.07, 6.45) is 0. The maximum atomic E-state index is 13.8. The smallest absolute Gasteiger partial charge is 0.298 e. The molecule has 1 unspecified atom stereocenters. The molecule has 12 heteroatoms. The topological polar surface area (TPSA) is 132 Å². The Labute approximate surface area is 176 Å². The maximum absolute atomic E-state index is 13.8. The number of amidine groups is 1. The minimum atomic E-state index is -1.51. The number of aromatic nitrogens is 4. The number of aliphatic imine (C=N–C) groups is 1. The largest absolute Gasteiger partial charge is 0.366 e. The molecule has 1 atom stereocenters. The molecule has 0 radical (unpaired) electrons. The zero-order valence-electron chi connectivity index (χ0n) is 17.1. The summed E-state index contributed by atoms with van der Waals surface area (Å²) in [4.78, 5) is 43.3. The quantitative estimate of drug-likeness (QED) is 0.518. The van der Waals surface area contributed by atoms with Crippen LogP contribution in [0.1, 0.15) is 19.4 Å². The number of carbonyl (C=O) groups is 3. The molecule has 0 saturated carbocycles. The first-order valence-electron chi connectivity index (χ1n) is 9.56. The molecule has 1 fully saturated rings. The second-order valence-electron chi connectivity index (χ2n) is 7.68. The molecule has 2 amide bonds. The van der Waals surface area contributed by atoms with Crippen molar-refractivity contribution in [2.24, 2.45) is 12.0 Å². The number of fused-ring (bicyclic) bond motifs is 1. The Hall–Kier alpha value is -3.54. The predicted octanol–water partition coefficient (Wildman–Crippen LogP) is -0.380. The predicted molar refractivity (Wildman–Crippen MR) is 104 cm³/mol. The molecule has 0 spiro atoms. The Morgan fingerprint density at radius 2 is 2.13 bits per heavy atom. The van der Waals surface area contributed by atoms with Crippen molar-refractivity contribution >= 4 is 23.4 Å². The molecule has 2 aliphatic rings. The van der Waals surface area contributed by atoms with Crippen molar-refractivity contribution < 1.29 is 23.5 Å². The number of amides is 2. The van der Waals surface area contributed by atoms with E-state index in [4.69, 9.17) is 4.74 Å². The van der Waals surface area contributed by atoms with E-state index in [9.17, 15) is 18.8 Å². The lowest BCUT2D eigenvalue weighted by molar-refractivity contribution is -0.148. The lowest BCUT2D eigenvalue weighted by Gasteiger charge is -2.41. The molecule has 3 heterocycles. The lowest BCUT2D eigenvalue weighted by atomic mass is 9.99. The highest BCUT2D eigenvalue weighted by Crippen LogP contribution is 2.25. The third kappa shape index (κ3) is 3.69. The van der Waals surface area contributed by atoms with Crippen molar-refractivity contribution in [1.29, 1.82) is 0 Å². The Bertz CT molecular complexity index is 1110. The number of carbonyl (C=O) groups excluding carboxylic acids is 3. The summed E-state index contributed by atoms with van der Waals surface area (Å²) in [7, 11) is 1.60. The summed E-state index contributed by atoms with van der Waals surface area (Å²) < 4.78 is 20.8. The molecule has 162 valence electrons. The number of ketones is 1. The lowest BCUT2D eigenvalue weighted by Crippen LogP contribution is -2.62. The summed E-state index contributed by atoms with van der Waals surface area (Å²) >= 11 is 0. The van der Waals surface area contributed by atoms with Crippen molar-refractivity contribution in [2.75, 3.05) is 13.2 Å². The van der Waals surface area contributed by atoms with E-state index in [1.807, 2.05) is 0 Å². The van der Waals surface area contributed by atoms with Gasteiger partial charge < -0.3 is 10.1 Å². The summed E-state index contributed by atoms with van der Waals surface area (Å²) in [5.74, 6) is -2.36. The van der Waals surface area contributed by atoms with Gasteiger partial charge in [-0.15, -0.1) is 5.10 Å². The second-order valence-corrected chi connectivity index (χ2v) is 7.68. The minimum absolute atomic E-state index is 0.0479. The number of nitrogens with zero attached hydrogens (tertiary/aromatic N) is 6. The van der Waals surface area contributed by atoms with Crippen LogP contribution in [-0.4, -0.2) is 73.3 Å². The van der Waals surface area contributed by atoms with E-state index in [1.165, 1.54) is 27.8 Å². The van der Waals surface area contributed by atoms with Gasteiger partial charge in [-0.1, -0.05) is 6.07 Å². The van der Waals surface area contributed by atoms with Gasteiger partial charge in [-0.3, -0.25) is 19.3 Å². The fraction of sp³-hybridized carbons (Fsp3) is 0.421. The third-order valence-corrected chi connectivity index (χ3v) is 5.16. The van der Waals surface area contributed by atoms with Crippen LogP contribution in [0.5, 0.6) is 0 Å². The standard InChI is InChI=1S/C19H20FN7O4/c1-19(2)18-22-13(14(28)17(30)27(18)6-7-31-19)16(29)21-9-10-4-5-11(20)8-12(10)15-23-24-25-26(15)3/h4-5,8,13H,6-7,9H2,1-3H3,(H,21,29). The number of hydrogen-bond donors (Lipinski definition) is 1. The number of tetrazole rings is 1. The molecule has 11 nitrogen and oxygen atoms in total. The molecule has 0 aliphatic carbocycles. The van der Waals surface area contributed by atoms with Crippen LogP contribution in [-0.2, 0) is 32.7 Å². The minimum Gasteiger partial charge on any atom is -0.366 e. The molecular weight excluding hydrogens is 409 g/mol. The third-order valence-electron chi connectivity index (χ3n) is 5.16. The highest BCUT2D eigenvalue weighted by atomic mass is 19.1. The molecule has 1 N–H and O–H groups in total. The van der Waals surface area contributed by atoms with E-state index in [2.05, 4.69) is 25.8 Å². The fourth-order valence-corrected chi connectivity index (χ4v) is 3.57. The molecule has 31 heavy (non-hydrogen) atoms. The van der Waals surface area contributed by atoms with Crippen molar-refractivity contribution in [3.63, 3.8) is 0 Å². The highest BCUT2D eigenvalue weighted by molar-refractivity contribution is 6.46. The molecule has 1 aromatic carbocycles. The zero-order chi connectivity index (χ0) is 22.3. The zero-order valence-corrected chi connectivity index (χ0v) is 17.1. The number of halogens is 1. The van der Waals surface area contributed by atoms with Crippen LogP contribution in [0.15, 0.2) is 23.2 Å². The number of benzene rings is 1. The normalized spacial score (nSPS) is 20.3. The summed E-state index contributed by atoms with van der Waals surface area (Å²) in [5.41, 5.74) is 0.00568. The number of rotatable bonds is 4. The van der Waals surface area contributed by atoms with E-state index < -0.39 is 35.1 Å². The van der Waals surface area contributed by atoms with E-state index in [0.717, 1.165) is 0 Å². The first-order valence-corrected chi connectivity index (χ1v) is 9.56. The van der Waals surface area contributed by atoms with Gasteiger partial charge in [0.2, 0.25) is 0 Å². The Kier molecular flexibility index (Phi) is 5.09. The monoisotopic (exact) mass is 429 g/mol. The van der Waals surface area contributed by atoms with E-state index >= 15 is 0 Å². The van der Waals surface area contributed by atoms with Crippen molar-refractivity contribution in [3.05, 3.63) is 29.6 Å². The summed E-state index contributed by atoms with van der Waals surface area (Å²) in [6, 6.07) is 2.46. The van der Waals surface area contributed by atoms with Gasteiger partial charge in [0.05, 0.1) is 13.2 Å². The van der Waals surface area contributed by atoms with Crippen molar-refractivity contribution in [1.82, 2.24) is 30.4 Å². The average Bonchev–Trinajstić information content (AvgIpc) is 3.15. The van der Waals surface area contributed by atoms with E-state index in [1.54, 1.807) is 20.9 Å². The first-order chi connectivity index (χ1) is 14.7. The van der Waals surface area contributed by atoms with Crippen LogP contribution in [0.25, 0.3) is 11.4 Å². The maximum Gasteiger partial charge on any atom is 0.298 e. The van der Waals surface area contributed by atoms with Crippen LogP contribution in [0, 0.1) is 5.82 Å². The summed E-state index contributed by atoms with van der Waals surface area (Å²) in [6.45, 7) is 3.86. The van der Waals surface area contributed by atoms with Crippen LogP contribution in [0.3, 0.4) is 0 Å². The van der Waals surface area contributed by atoms with Crippen LogP contribution >= 0.6 is 0 Å². The fourth-order valence-electron chi connectivity index (χ4n) is 3.57.